The lowest BCUT2D eigenvalue weighted by atomic mass is 10.0. The van der Waals surface area contributed by atoms with E-state index < -0.39 is 0 Å². The summed E-state index contributed by atoms with van der Waals surface area (Å²) < 4.78 is 5.72. The van der Waals surface area contributed by atoms with Crippen molar-refractivity contribution in [3.8, 4) is 11.5 Å². The van der Waals surface area contributed by atoms with E-state index in [2.05, 4.69) is 17.6 Å². The van der Waals surface area contributed by atoms with Crippen LogP contribution in [0.2, 0.25) is 0 Å². The Bertz CT molecular complexity index is 808. The van der Waals surface area contributed by atoms with E-state index in [1.807, 2.05) is 30.3 Å². The Balaban J connectivity index is 1.33. The van der Waals surface area contributed by atoms with Gasteiger partial charge in [0.25, 0.3) is 5.91 Å². The second kappa shape index (κ2) is 11.4. The second-order valence-corrected chi connectivity index (χ2v) is 7.88. The minimum absolute atomic E-state index is 0.0198. The Labute approximate surface area is 178 Å². The number of amides is 2. The van der Waals surface area contributed by atoms with E-state index in [-0.39, 0.29) is 18.4 Å². The molecule has 1 aliphatic heterocycles. The van der Waals surface area contributed by atoms with Crippen LogP contribution >= 0.6 is 0 Å². The first-order valence-electron chi connectivity index (χ1n) is 10.8. The summed E-state index contributed by atoms with van der Waals surface area (Å²) in [7, 11) is 0. The van der Waals surface area contributed by atoms with Crippen LogP contribution in [0, 0.1) is 0 Å². The van der Waals surface area contributed by atoms with E-state index in [1.54, 1.807) is 29.2 Å². The van der Waals surface area contributed by atoms with E-state index in [4.69, 9.17) is 4.74 Å². The maximum absolute atomic E-state index is 12.3. The number of nitrogens with one attached hydrogen (secondary N) is 3. The highest BCUT2D eigenvalue weighted by molar-refractivity contribution is 5.96. The van der Waals surface area contributed by atoms with Crippen molar-refractivity contribution in [2.24, 2.45) is 0 Å². The average Bonchev–Trinajstić information content (AvgIpc) is 2.77. The smallest absolute Gasteiger partial charge is 0.251 e. The van der Waals surface area contributed by atoms with E-state index in [0.29, 0.717) is 17.9 Å². The fraction of sp³-hybridized carbons (Fsp3) is 0.417. The molecular weight excluding hydrogens is 378 g/mol. The van der Waals surface area contributed by atoms with Gasteiger partial charge >= 0.3 is 0 Å². The molecule has 0 radical (unpaired) electrons. The lowest BCUT2D eigenvalue weighted by Crippen LogP contribution is -3.16. The van der Waals surface area contributed by atoms with E-state index in [9.17, 15) is 9.59 Å². The summed E-state index contributed by atoms with van der Waals surface area (Å²) >= 11 is 0. The van der Waals surface area contributed by atoms with Gasteiger partial charge in [0.05, 0.1) is 25.7 Å². The molecule has 30 heavy (non-hydrogen) atoms. The summed E-state index contributed by atoms with van der Waals surface area (Å²) in [5.41, 5.74) is 0.492. The number of ether oxygens (including phenoxy) is 1. The highest BCUT2D eigenvalue weighted by Crippen LogP contribution is 2.21. The molecule has 0 saturated carbocycles. The maximum atomic E-state index is 12.3. The summed E-state index contributed by atoms with van der Waals surface area (Å²) in [6, 6.07) is 17.0. The molecule has 2 aromatic rings. The van der Waals surface area contributed by atoms with Gasteiger partial charge < -0.3 is 20.3 Å². The Kier molecular flexibility index (Phi) is 8.27. The monoisotopic (exact) mass is 410 g/mol. The fourth-order valence-corrected chi connectivity index (χ4v) is 3.79. The van der Waals surface area contributed by atoms with Gasteiger partial charge in [0.2, 0.25) is 5.91 Å². The van der Waals surface area contributed by atoms with Gasteiger partial charge in [-0.3, -0.25) is 9.59 Å². The first-order chi connectivity index (χ1) is 14.6. The van der Waals surface area contributed by atoms with Gasteiger partial charge in [-0.15, -0.1) is 0 Å². The third-order valence-electron chi connectivity index (χ3n) is 5.58. The van der Waals surface area contributed by atoms with Crippen molar-refractivity contribution in [1.82, 2.24) is 10.6 Å². The molecule has 1 aliphatic rings. The SMILES string of the molecule is C[C@H]1CCCC[NH+]1CCCNC(=O)CNC(=O)c1ccc(Oc2ccccc2)cc1. The Morgan fingerprint density at radius 1 is 1.00 bits per heavy atom. The van der Waals surface area contributed by atoms with Crippen molar-refractivity contribution < 1.29 is 19.2 Å². The zero-order valence-electron chi connectivity index (χ0n) is 17.7. The molecule has 0 spiro atoms. The van der Waals surface area contributed by atoms with Crippen LogP contribution in [0.1, 0.15) is 43.0 Å². The number of benzene rings is 2. The van der Waals surface area contributed by atoms with Gasteiger partial charge in [-0.25, -0.2) is 0 Å². The normalized spacial score (nSPS) is 18.4. The summed E-state index contributed by atoms with van der Waals surface area (Å²) in [6.45, 7) is 5.26. The van der Waals surface area contributed by atoms with Gasteiger partial charge in [0.1, 0.15) is 11.5 Å². The van der Waals surface area contributed by atoms with Crippen molar-refractivity contribution in [2.75, 3.05) is 26.2 Å². The molecule has 1 fully saturated rings. The van der Waals surface area contributed by atoms with Crippen LogP contribution in [0.4, 0.5) is 0 Å². The van der Waals surface area contributed by atoms with Crippen molar-refractivity contribution in [3.05, 3.63) is 60.2 Å². The third-order valence-corrected chi connectivity index (χ3v) is 5.58. The molecule has 2 atom stereocenters. The molecule has 3 rings (SSSR count). The molecule has 6 nitrogen and oxygen atoms in total. The van der Waals surface area contributed by atoms with Crippen LogP contribution in [0.3, 0.4) is 0 Å². The number of rotatable bonds is 9. The second-order valence-electron chi connectivity index (χ2n) is 7.88. The largest absolute Gasteiger partial charge is 0.457 e. The highest BCUT2D eigenvalue weighted by Gasteiger charge is 2.20. The predicted molar refractivity (Wildman–Crippen MR) is 117 cm³/mol. The van der Waals surface area contributed by atoms with Crippen molar-refractivity contribution in [2.45, 2.75) is 38.6 Å². The van der Waals surface area contributed by atoms with Crippen LogP contribution < -0.4 is 20.3 Å². The number of carbonyl (C=O) groups excluding carboxylic acids is 2. The molecule has 1 saturated heterocycles. The number of hydrogen-bond acceptors (Lipinski definition) is 3. The molecule has 0 aliphatic carbocycles. The fourth-order valence-electron chi connectivity index (χ4n) is 3.79. The quantitative estimate of drug-likeness (QED) is 0.555. The molecular formula is C24H32N3O3+. The van der Waals surface area contributed by atoms with Crippen LogP contribution in [-0.2, 0) is 4.79 Å². The lowest BCUT2D eigenvalue weighted by molar-refractivity contribution is -0.928. The first-order valence-corrected chi connectivity index (χ1v) is 10.8. The minimum Gasteiger partial charge on any atom is -0.457 e. The van der Waals surface area contributed by atoms with Gasteiger partial charge in [-0.1, -0.05) is 18.2 Å². The third kappa shape index (κ3) is 6.88. The molecule has 0 bridgehead atoms. The molecule has 3 N–H and O–H groups in total. The summed E-state index contributed by atoms with van der Waals surface area (Å²) in [5, 5.41) is 5.56. The Hall–Kier alpha value is -2.86. The molecule has 1 heterocycles. The molecule has 2 aromatic carbocycles. The number of hydrogen-bond donors (Lipinski definition) is 3. The predicted octanol–water partition coefficient (Wildman–Crippen LogP) is 2.17. The topological polar surface area (TPSA) is 71.9 Å². The zero-order valence-corrected chi connectivity index (χ0v) is 17.7. The van der Waals surface area contributed by atoms with Gasteiger partial charge in [0.15, 0.2) is 0 Å². The lowest BCUT2D eigenvalue weighted by Gasteiger charge is -2.30. The number of likely N-dealkylation sites (tertiary alicyclic amines) is 1. The summed E-state index contributed by atoms with van der Waals surface area (Å²) in [6.07, 6.45) is 4.90. The van der Waals surface area contributed by atoms with Gasteiger partial charge in [-0.05, 0) is 62.6 Å². The van der Waals surface area contributed by atoms with Crippen LogP contribution in [0.15, 0.2) is 54.6 Å². The molecule has 160 valence electrons. The van der Waals surface area contributed by atoms with Crippen LogP contribution in [0.25, 0.3) is 0 Å². The number of quaternary nitrogens is 1. The van der Waals surface area contributed by atoms with Gasteiger partial charge in [-0.2, -0.15) is 0 Å². The molecule has 0 aromatic heterocycles. The maximum Gasteiger partial charge on any atom is 0.251 e. The zero-order chi connectivity index (χ0) is 21.2. The minimum atomic E-state index is -0.275. The molecule has 2 amide bonds. The summed E-state index contributed by atoms with van der Waals surface area (Å²) in [4.78, 5) is 25.9. The summed E-state index contributed by atoms with van der Waals surface area (Å²) in [5.74, 6) is 0.959. The van der Waals surface area contributed by atoms with Crippen molar-refractivity contribution in [3.63, 3.8) is 0 Å². The van der Waals surface area contributed by atoms with Crippen LogP contribution in [-0.4, -0.2) is 44.0 Å². The van der Waals surface area contributed by atoms with Gasteiger partial charge in [0, 0.05) is 18.5 Å². The number of para-hydroxylation sites is 1. The highest BCUT2D eigenvalue weighted by atomic mass is 16.5. The average molecular weight is 411 g/mol. The molecule has 1 unspecified atom stereocenters. The van der Waals surface area contributed by atoms with E-state index in [1.165, 1.54) is 25.8 Å². The Morgan fingerprint density at radius 3 is 2.47 bits per heavy atom. The van der Waals surface area contributed by atoms with Crippen molar-refractivity contribution in [1.29, 1.82) is 0 Å². The first kappa shape index (κ1) is 21.8. The number of carbonyl (C=O) groups is 2. The van der Waals surface area contributed by atoms with E-state index in [0.717, 1.165) is 24.8 Å². The van der Waals surface area contributed by atoms with Crippen molar-refractivity contribution >= 4 is 11.8 Å². The Morgan fingerprint density at radius 2 is 1.73 bits per heavy atom. The standard InChI is InChI=1S/C24H31N3O3/c1-19-8-5-6-16-27(19)17-7-15-25-23(28)18-26-24(29)20-11-13-22(14-12-20)30-21-9-3-2-4-10-21/h2-4,9-14,19H,5-8,15-18H2,1H3,(H,25,28)(H,26,29)/p+1/t19-/m0/s1. The van der Waals surface area contributed by atoms with Crippen LogP contribution in [0.5, 0.6) is 11.5 Å². The van der Waals surface area contributed by atoms with E-state index >= 15 is 0 Å². The number of piperidine rings is 1. The molecule has 6 heteroatoms.